The van der Waals surface area contributed by atoms with Crippen molar-refractivity contribution in [3.05, 3.63) is 58.1 Å². The van der Waals surface area contributed by atoms with Crippen molar-refractivity contribution >= 4 is 15.9 Å². The molecule has 3 nitrogen and oxygen atoms in total. The minimum Gasteiger partial charge on any atom is -0.497 e. The molecule has 0 saturated heterocycles. The molecule has 0 unspecified atom stereocenters. The first-order chi connectivity index (χ1) is 9.74. The van der Waals surface area contributed by atoms with Gasteiger partial charge < -0.3 is 14.2 Å². The third kappa shape index (κ3) is 3.74. The third-order valence-corrected chi connectivity index (χ3v) is 3.66. The quantitative estimate of drug-likeness (QED) is 0.791. The summed E-state index contributed by atoms with van der Waals surface area (Å²) in [7, 11) is 3.33. The number of benzene rings is 2. The average Bonchev–Trinajstić information content (AvgIpc) is 2.48. The van der Waals surface area contributed by atoms with E-state index >= 15 is 0 Å². The first kappa shape index (κ1) is 14.9. The molecule has 0 bridgehead atoms. The van der Waals surface area contributed by atoms with Crippen LogP contribution in [-0.4, -0.2) is 14.2 Å². The van der Waals surface area contributed by atoms with E-state index in [9.17, 15) is 0 Å². The van der Waals surface area contributed by atoms with E-state index in [1.165, 1.54) is 0 Å². The summed E-state index contributed by atoms with van der Waals surface area (Å²) in [5, 5.41) is 0. The second-order valence-electron chi connectivity index (χ2n) is 4.29. The summed E-state index contributed by atoms with van der Waals surface area (Å²) in [5.41, 5.74) is 2.11. The molecule has 2 aromatic rings. The van der Waals surface area contributed by atoms with E-state index in [1.54, 1.807) is 14.2 Å². The Kier molecular flexibility index (Phi) is 5.44. The lowest BCUT2D eigenvalue weighted by Gasteiger charge is -2.13. The summed E-state index contributed by atoms with van der Waals surface area (Å²) in [6, 6.07) is 13.7. The molecule has 0 spiro atoms. The van der Waals surface area contributed by atoms with Crippen LogP contribution < -0.4 is 9.47 Å². The van der Waals surface area contributed by atoms with E-state index in [2.05, 4.69) is 15.9 Å². The van der Waals surface area contributed by atoms with Crippen molar-refractivity contribution in [3.8, 4) is 11.5 Å². The minimum atomic E-state index is 0.511. The second kappa shape index (κ2) is 7.31. The highest BCUT2D eigenvalue weighted by Crippen LogP contribution is 2.28. The number of halogens is 1. The first-order valence-electron chi connectivity index (χ1n) is 6.26. The fourth-order valence-electron chi connectivity index (χ4n) is 1.84. The molecule has 0 aliphatic heterocycles. The molecular weight excluding hydrogens is 320 g/mol. The number of hydrogen-bond acceptors (Lipinski definition) is 3. The van der Waals surface area contributed by atoms with Crippen LogP contribution in [0.4, 0.5) is 0 Å². The van der Waals surface area contributed by atoms with Crippen molar-refractivity contribution in [2.45, 2.75) is 13.2 Å². The molecule has 0 saturated carbocycles. The molecule has 0 radical (unpaired) electrons. The Labute approximate surface area is 127 Å². The Morgan fingerprint density at radius 1 is 0.950 bits per heavy atom. The average molecular weight is 337 g/mol. The van der Waals surface area contributed by atoms with E-state index in [0.717, 1.165) is 27.1 Å². The van der Waals surface area contributed by atoms with Gasteiger partial charge in [-0.05, 0) is 29.8 Å². The van der Waals surface area contributed by atoms with Gasteiger partial charge in [-0.3, -0.25) is 0 Å². The lowest BCUT2D eigenvalue weighted by molar-refractivity contribution is 0.178. The lowest BCUT2D eigenvalue weighted by Crippen LogP contribution is -2.00. The van der Waals surface area contributed by atoms with Crippen molar-refractivity contribution in [3.63, 3.8) is 0 Å². The Morgan fingerprint density at radius 2 is 1.70 bits per heavy atom. The Balaban J connectivity index is 2.08. The van der Waals surface area contributed by atoms with Gasteiger partial charge in [0.05, 0.1) is 13.7 Å². The van der Waals surface area contributed by atoms with E-state index < -0.39 is 0 Å². The molecule has 0 atom stereocenters. The van der Waals surface area contributed by atoms with Crippen LogP contribution in [0.5, 0.6) is 11.5 Å². The zero-order valence-electron chi connectivity index (χ0n) is 11.6. The van der Waals surface area contributed by atoms with Crippen LogP contribution in [0.15, 0.2) is 46.9 Å². The van der Waals surface area contributed by atoms with Crippen molar-refractivity contribution in [1.82, 2.24) is 0 Å². The fraction of sp³-hybridized carbons (Fsp3) is 0.250. The molecule has 106 valence electrons. The van der Waals surface area contributed by atoms with Crippen LogP contribution >= 0.6 is 15.9 Å². The molecule has 2 aromatic carbocycles. The molecule has 2 rings (SSSR count). The van der Waals surface area contributed by atoms with Gasteiger partial charge in [-0.1, -0.05) is 34.1 Å². The summed E-state index contributed by atoms with van der Waals surface area (Å²) < 4.78 is 17.2. The van der Waals surface area contributed by atoms with Gasteiger partial charge in [0.1, 0.15) is 18.1 Å². The molecule has 20 heavy (non-hydrogen) atoms. The zero-order chi connectivity index (χ0) is 14.4. The molecule has 0 fully saturated rings. The van der Waals surface area contributed by atoms with Crippen LogP contribution in [0.1, 0.15) is 11.1 Å². The highest BCUT2D eigenvalue weighted by Gasteiger charge is 2.08. The maximum Gasteiger partial charge on any atom is 0.126 e. The van der Waals surface area contributed by atoms with Gasteiger partial charge in [-0.2, -0.15) is 0 Å². The second-order valence-corrected chi connectivity index (χ2v) is 5.14. The summed E-state index contributed by atoms with van der Waals surface area (Å²) in [4.78, 5) is 0. The van der Waals surface area contributed by atoms with Gasteiger partial charge in [-0.15, -0.1) is 0 Å². The smallest absolute Gasteiger partial charge is 0.126 e. The molecule has 4 heteroatoms. The Morgan fingerprint density at radius 3 is 2.35 bits per heavy atom. The Bertz CT molecular complexity index is 552. The highest BCUT2D eigenvalue weighted by atomic mass is 79.9. The van der Waals surface area contributed by atoms with Gasteiger partial charge >= 0.3 is 0 Å². The van der Waals surface area contributed by atoms with Crippen LogP contribution in [0.2, 0.25) is 0 Å². The van der Waals surface area contributed by atoms with Crippen LogP contribution in [-0.2, 0) is 18.0 Å². The van der Waals surface area contributed by atoms with E-state index in [-0.39, 0.29) is 0 Å². The van der Waals surface area contributed by atoms with Gasteiger partial charge in [0.25, 0.3) is 0 Å². The van der Waals surface area contributed by atoms with Gasteiger partial charge in [0.15, 0.2) is 0 Å². The summed E-state index contributed by atoms with van der Waals surface area (Å²) >= 11 is 3.52. The SMILES string of the molecule is COCc1c(Br)cccc1OCc1ccc(OC)cc1. The molecule has 0 amide bonds. The van der Waals surface area contributed by atoms with Gasteiger partial charge in [-0.25, -0.2) is 0 Å². The minimum absolute atomic E-state index is 0.511. The number of hydrogen-bond donors (Lipinski definition) is 0. The standard InChI is InChI=1S/C16H17BrO3/c1-18-11-14-15(17)4-3-5-16(14)20-10-12-6-8-13(19-2)9-7-12/h3-9H,10-11H2,1-2H3. The van der Waals surface area contributed by atoms with Crippen LogP contribution in [0, 0.1) is 0 Å². The molecule has 0 N–H and O–H groups in total. The first-order valence-corrected chi connectivity index (χ1v) is 7.06. The fourth-order valence-corrected chi connectivity index (χ4v) is 2.30. The summed E-state index contributed by atoms with van der Waals surface area (Å²) in [6.45, 7) is 1.02. The van der Waals surface area contributed by atoms with Crippen LogP contribution in [0.25, 0.3) is 0 Å². The monoisotopic (exact) mass is 336 g/mol. The maximum atomic E-state index is 5.88. The normalized spacial score (nSPS) is 10.3. The number of methoxy groups -OCH3 is 2. The molecular formula is C16H17BrO3. The van der Waals surface area contributed by atoms with E-state index in [0.29, 0.717) is 13.2 Å². The Hall–Kier alpha value is -1.52. The highest BCUT2D eigenvalue weighted by molar-refractivity contribution is 9.10. The predicted molar refractivity (Wildman–Crippen MR) is 82.2 cm³/mol. The molecule has 0 aromatic heterocycles. The topological polar surface area (TPSA) is 27.7 Å². The van der Waals surface area contributed by atoms with Crippen molar-refractivity contribution in [1.29, 1.82) is 0 Å². The summed E-state index contributed by atoms with van der Waals surface area (Å²) in [6.07, 6.45) is 0. The lowest BCUT2D eigenvalue weighted by atomic mass is 10.2. The van der Waals surface area contributed by atoms with Gasteiger partial charge in [0, 0.05) is 17.1 Å². The van der Waals surface area contributed by atoms with Gasteiger partial charge in [0.2, 0.25) is 0 Å². The number of rotatable bonds is 6. The predicted octanol–water partition coefficient (Wildman–Crippen LogP) is 4.18. The molecule has 0 aliphatic carbocycles. The van der Waals surface area contributed by atoms with E-state index in [4.69, 9.17) is 14.2 Å². The summed E-state index contributed by atoms with van der Waals surface area (Å²) in [5.74, 6) is 1.67. The third-order valence-electron chi connectivity index (χ3n) is 2.92. The number of ether oxygens (including phenoxy) is 3. The molecule has 0 heterocycles. The maximum absolute atomic E-state index is 5.88. The van der Waals surface area contributed by atoms with Crippen molar-refractivity contribution < 1.29 is 14.2 Å². The van der Waals surface area contributed by atoms with Crippen LogP contribution in [0.3, 0.4) is 0 Å². The van der Waals surface area contributed by atoms with E-state index in [1.807, 2.05) is 42.5 Å². The van der Waals surface area contributed by atoms with Crippen molar-refractivity contribution in [2.24, 2.45) is 0 Å². The van der Waals surface area contributed by atoms with Crippen molar-refractivity contribution in [2.75, 3.05) is 14.2 Å². The molecule has 0 aliphatic rings. The zero-order valence-corrected chi connectivity index (χ0v) is 13.1. The largest absolute Gasteiger partial charge is 0.497 e.